The van der Waals surface area contributed by atoms with Gasteiger partial charge in [-0.05, 0) is 50.6 Å². The van der Waals surface area contributed by atoms with Gasteiger partial charge in [-0.1, -0.05) is 12.1 Å². The van der Waals surface area contributed by atoms with Gasteiger partial charge in [0.1, 0.15) is 17.3 Å². The number of hydrogen-bond acceptors (Lipinski definition) is 5. The number of nitrogens with zero attached hydrogens (tertiary/aromatic N) is 3. The zero-order valence-corrected chi connectivity index (χ0v) is 15.7. The van der Waals surface area contributed by atoms with Crippen LogP contribution in [0.2, 0.25) is 0 Å². The number of imidazole rings is 1. The third kappa shape index (κ3) is 4.72. The normalized spacial score (nSPS) is 11.3. The Hall–Kier alpha value is -3.17. The van der Waals surface area contributed by atoms with Gasteiger partial charge in [0.25, 0.3) is 0 Å². The number of benzene rings is 1. The molecule has 27 heavy (non-hydrogen) atoms. The lowest BCUT2D eigenvalue weighted by Gasteiger charge is -2.19. The quantitative estimate of drug-likeness (QED) is 0.703. The molecule has 0 saturated carbocycles. The predicted molar refractivity (Wildman–Crippen MR) is 102 cm³/mol. The average Bonchev–Trinajstić information content (AvgIpc) is 3.03. The smallest absolute Gasteiger partial charge is 0.338 e. The highest BCUT2D eigenvalue weighted by Gasteiger charge is 2.17. The average molecular weight is 362 g/mol. The van der Waals surface area contributed by atoms with Crippen molar-refractivity contribution < 1.29 is 9.53 Å². The lowest BCUT2D eigenvalue weighted by atomic mass is 10.1. The minimum atomic E-state index is -0.503. The van der Waals surface area contributed by atoms with Crippen LogP contribution >= 0.6 is 0 Å². The monoisotopic (exact) mass is 362 g/mol. The van der Waals surface area contributed by atoms with E-state index < -0.39 is 5.60 Å². The summed E-state index contributed by atoms with van der Waals surface area (Å²) >= 11 is 0. The molecule has 0 amide bonds. The molecule has 0 saturated heterocycles. The second kappa shape index (κ2) is 7.60. The molecule has 3 rings (SSSR count). The van der Waals surface area contributed by atoms with Crippen molar-refractivity contribution in [3.8, 4) is 6.07 Å². The molecule has 0 aliphatic heterocycles. The number of fused-ring (bicyclic) bond motifs is 1. The van der Waals surface area contributed by atoms with Crippen molar-refractivity contribution in [1.82, 2.24) is 14.7 Å². The topological polar surface area (TPSA) is 79.4 Å². The molecule has 2 aromatic heterocycles. The van der Waals surface area contributed by atoms with Gasteiger partial charge < -0.3 is 14.5 Å². The maximum atomic E-state index is 12.0. The van der Waals surface area contributed by atoms with E-state index in [2.05, 4.69) is 16.4 Å². The number of esters is 1. The molecule has 6 heteroatoms. The van der Waals surface area contributed by atoms with Gasteiger partial charge in [-0.2, -0.15) is 5.26 Å². The third-order valence-corrected chi connectivity index (χ3v) is 3.94. The van der Waals surface area contributed by atoms with E-state index in [-0.39, 0.29) is 5.97 Å². The van der Waals surface area contributed by atoms with Crippen molar-refractivity contribution >= 4 is 11.6 Å². The van der Waals surface area contributed by atoms with E-state index in [4.69, 9.17) is 10.00 Å². The fourth-order valence-electron chi connectivity index (χ4n) is 2.66. The summed E-state index contributed by atoms with van der Waals surface area (Å²) in [6.45, 7) is 6.82. The molecule has 0 bridgehead atoms. The van der Waals surface area contributed by atoms with Crippen LogP contribution in [0.3, 0.4) is 0 Å². The van der Waals surface area contributed by atoms with E-state index in [0.717, 1.165) is 16.9 Å². The summed E-state index contributed by atoms with van der Waals surface area (Å²) in [4.78, 5) is 16.4. The van der Waals surface area contributed by atoms with Gasteiger partial charge in [-0.15, -0.1) is 0 Å². The summed E-state index contributed by atoms with van der Waals surface area (Å²) in [7, 11) is 0. The Morgan fingerprint density at radius 2 is 1.93 bits per heavy atom. The number of aromatic nitrogens is 2. The van der Waals surface area contributed by atoms with Crippen molar-refractivity contribution in [2.75, 3.05) is 0 Å². The Morgan fingerprint density at radius 3 is 2.59 bits per heavy atom. The molecule has 138 valence electrons. The standard InChI is InChI=1S/C21H22N4O2/c1-21(2,3)27-20(26)17-7-4-15(5-8-17)11-23-12-18-13-24-19-9-6-16(10-22)14-25(18)19/h4-9,13-14,23H,11-12H2,1-3H3. The number of ether oxygens (including phenoxy) is 1. The van der Waals surface area contributed by atoms with E-state index in [1.165, 1.54) is 0 Å². The first kappa shape index (κ1) is 18.6. The van der Waals surface area contributed by atoms with Crippen molar-refractivity contribution in [3.05, 3.63) is 71.2 Å². The van der Waals surface area contributed by atoms with Crippen LogP contribution in [-0.2, 0) is 17.8 Å². The molecule has 0 spiro atoms. The fraction of sp³-hybridized carbons (Fsp3) is 0.286. The molecule has 1 aromatic carbocycles. The number of carbonyl (C=O) groups is 1. The zero-order chi connectivity index (χ0) is 19.4. The molecule has 6 nitrogen and oxygen atoms in total. The SMILES string of the molecule is CC(C)(C)OC(=O)c1ccc(CNCc2cnc3ccc(C#N)cn23)cc1. The minimum absolute atomic E-state index is 0.318. The molecule has 0 atom stereocenters. The number of rotatable bonds is 5. The van der Waals surface area contributed by atoms with Crippen LogP contribution in [0.5, 0.6) is 0 Å². The Kier molecular flexibility index (Phi) is 5.24. The van der Waals surface area contributed by atoms with Crippen LogP contribution < -0.4 is 5.32 Å². The van der Waals surface area contributed by atoms with Gasteiger partial charge in [-0.25, -0.2) is 9.78 Å². The molecule has 3 aromatic rings. The first-order chi connectivity index (χ1) is 12.9. The molecular weight excluding hydrogens is 340 g/mol. The zero-order valence-electron chi connectivity index (χ0n) is 15.7. The van der Waals surface area contributed by atoms with E-state index in [9.17, 15) is 4.79 Å². The molecule has 0 radical (unpaired) electrons. The summed E-state index contributed by atoms with van der Waals surface area (Å²) in [5.41, 5.74) is 3.49. The van der Waals surface area contributed by atoms with Crippen molar-refractivity contribution in [3.63, 3.8) is 0 Å². The van der Waals surface area contributed by atoms with Gasteiger partial charge in [0.2, 0.25) is 0 Å². The van der Waals surface area contributed by atoms with Crippen LogP contribution in [0.1, 0.15) is 48.0 Å². The maximum Gasteiger partial charge on any atom is 0.338 e. The summed E-state index contributed by atoms with van der Waals surface area (Å²) in [6.07, 6.45) is 3.59. The molecule has 0 aliphatic rings. The summed E-state index contributed by atoms with van der Waals surface area (Å²) in [5, 5.41) is 12.4. The molecule has 0 unspecified atom stereocenters. The van der Waals surface area contributed by atoms with Gasteiger partial charge in [0.15, 0.2) is 0 Å². The van der Waals surface area contributed by atoms with Crippen molar-refractivity contribution in [2.45, 2.75) is 39.5 Å². The van der Waals surface area contributed by atoms with Gasteiger partial charge in [0.05, 0.1) is 23.0 Å². The predicted octanol–water partition coefficient (Wildman–Crippen LogP) is 3.45. The summed E-state index contributed by atoms with van der Waals surface area (Å²) in [5.74, 6) is -0.318. The third-order valence-electron chi connectivity index (χ3n) is 3.94. The van der Waals surface area contributed by atoms with E-state index in [0.29, 0.717) is 24.2 Å². The molecule has 2 heterocycles. The Bertz CT molecular complexity index is 992. The van der Waals surface area contributed by atoms with Crippen LogP contribution in [0.25, 0.3) is 5.65 Å². The minimum Gasteiger partial charge on any atom is -0.456 e. The van der Waals surface area contributed by atoms with Crippen molar-refractivity contribution in [2.24, 2.45) is 0 Å². The van der Waals surface area contributed by atoms with E-state index >= 15 is 0 Å². The highest BCUT2D eigenvalue weighted by Crippen LogP contribution is 2.13. The number of nitriles is 1. The Morgan fingerprint density at radius 1 is 1.19 bits per heavy atom. The van der Waals surface area contributed by atoms with Crippen molar-refractivity contribution in [1.29, 1.82) is 5.26 Å². The number of carbonyl (C=O) groups excluding carboxylic acids is 1. The number of nitrogens with one attached hydrogen (secondary N) is 1. The summed E-state index contributed by atoms with van der Waals surface area (Å²) < 4.78 is 7.28. The van der Waals surface area contributed by atoms with E-state index in [1.807, 2.05) is 43.4 Å². The van der Waals surface area contributed by atoms with Crippen LogP contribution in [0, 0.1) is 11.3 Å². The fourth-order valence-corrected chi connectivity index (χ4v) is 2.66. The molecule has 1 N–H and O–H groups in total. The van der Waals surface area contributed by atoms with E-state index in [1.54, 1.807) is 30.6 Å². The Labute approximate surface area is 158 Å². The highest BCUT2D eigenvalue weighted by atomic mass is 16.6. The Balaban J connectivity index is 1.60. The number of pyridine rings is 1. The van der Waals surface area contributed by atoms with Crippen LogP contribution in [-0.4, -0.2) is 21.0 Å². The summed E-state index contributed by atoms with van der Waals surface area (Å²) in [6, 6.07) is 13.1. The molecular formula is C21H22N4O2. The highest BCUT2D eigenvalue weighted by molar-refractivity contribution is 5.89. The molecule has 0 fully saturated rings. The van der Waals surface area contributed by atoms with Crippen LogP contribution in [0.4, 0.5) is 0 Å². The first-order valence-electron chi connectivity index (χ1n) is 8.75. The van der Waals surface area contributed by atoms with Gasteiger partial charge in [-0.3, -0.25) is 0 Å². The van der Waals surface area contributed by atoms with Gasteiger partial charge >= 0.3 is 5.97 Å². The maximum absolute atomic E-state index is 12.0. The largest absolute Gasteiger partial charge is 0.456 e. The second-order valence-electron chi connectivity index (χ2n) is 7.31. The second-order valence-corrected chi connectivity index (χ2v) is 7.31. The number of hydrogen-bond donors (Lipinski definition) is 1. The van der Waals surface area contributed by atoms with Crippen LogP contribution in [0.15, 0.2) is 48.8 Å². The molecule has 0 aliphatic carbocycles. The first-order valence-corrected chi connectivity index (χ1v) is 8.75. The van der Waals surface area contributed by atoms with Gasteiger partial charge in [0, 0.05) is 19.3 Å². The lowest BCUT2D eigenvalue weighted by molar-refractivity contribution is 0.00695. The lowest BCUT2D eigenvalue weighted by Crippen LogP contribution is -2.23.